The molecular formula is C30H30N4O2S. The van der Waals surface area contributed by atoms with Crippen molar-refractivity contribution in [3.05, 3.63) is 112 Å². The van der Waals surface area contributed by atoms with Crippen LogP contribution in [0, 0.1) is 27.7 Å². The summed E-state index contributed by atoms with van der Waals surface area (Å²) >= 11 is 5.93. The van der Waals surface area contributed by atoms with Crippen molar-refractivity contribution >= 4 is 29.0 Å². The third-order valence-electron chi connectivity index (χ3n) is 6.92. The van der Waals surface area contributed by atoms with Gasteiger partial charge in [-0.1, -0.05) is 12.1 Å². The van der Waals surface area contributed by atoms with Gasteiger partial charge in [0.15, 0.2) is 5.11 Å². The minimum Gasteiger partial charge on any atom is -0.465 e. The number of aryl methyl sites for hydroxylation is 3. The Labute approximate surface area is 222 Å². The molecule has 0 saturated carbocycles. The summed E-state index contributed by atoms with van der Waals surface area (Å²) in [7, 11) is 1.39. The topological polar surface area (TPSA) is 59.4 Å². The molecule has 3 heterocycles. The lowest BCUT2D eigenvalue weighted by molar-refractivity contribution is 0.0600. The highest BCUT2D eigenvalue weighted by Crippen LogP contribution is 2.44. The van der Waals surface area contributed by atoms with Gasteiger partial charge in [-0.25, -0.2) is 4.79 Å². The Morgan fingerprint density at radius 1 is 0.946 bits per heavy atom. The Balaban J connectivity index is 1.65. The molecule has 0 aliphatic carbocycles. The zero-order valence-corrected chi connectivity index (χ0v) is 22.5. The van der Waals surface area contributed by atoms with Crippen molar-refractivity contribution < 1.29 is 9.53 Å². The van der Waals surface area contributed by atoms with Crippen molar-refractivity contribution in [2.75, 3.05) is 12.0 Å². The molecule has 1 aliphatic heterocycles. The molecule has 7 heteroatoms. The summed E-state index contributed by atoms with van der Waals surface area (Å²) in [6.07, 6.45) is 1.82. The molecule has 6 nitrogen and oxygen atoms in total. The van der Waals surface area contributed by atoms with Gasteiger partial charge >= 0.3 is 5.97 Å². The van der Waals surface area contributed by atoms with E-state index in [9.17, 15) is 4.79 Å². The molecule has 188 valence electrons. The van der Waals surface area contributed by atoms with E-state index in [0.717, 1.165) is 34.0 Å². The second-order valence-corrected chi connectivity index (χ2v) is 9.93. The molecule has 0 spiro atoms. The Morgan fingerprint density at radius 2 is 1.65 bits per heavy atom. The number of carbonyl (C=O) groups excluding carboxylic acids is 1. The summed E-state index contributed by atoms with van der Waals surface area (Å²) in [5.41, 5.74) is 9.25. The monoisotopic (exact) mass is 510 g/mol. The number of aromatic nitrogens is 2. The lowest BCUT2D eigenvalue weighted by atomic mass is 9.96. The standard InChI is InChI=1S/C30H30N4O2S/c1-18-14-19(2)16-24(15-18)34-28(27(32-30(34)37)26-8-6-7-13-31-26)25-17-20(3)33(21(25)4)23-11-9-22(10-12-23)29(35)36-5/h6-17,27-28H,1-5H3,(H,32,37)/t27-,28-/m0/s1. The van der Waals surface area contributed by atoms with Crippen LogP contribution in [0.15, 0.2) is 72.9 Å². The smallest absolute Gasteiger partial charge is 0.337 e. The largest absolute Gasteiger partial charge is 0.465 e. The maximum atomic E-state index is 11.9. The lowest BCUT2D eigenvalue weighted by Gasteiger charge is -2.29. The minimum absolute atomic E-state index is 0.0992. The van der Waals surface area contributed by atoms with E-state index in [2.05, 4.69) is 71.7 Å². The average Bonchev–Trinajstić information content (AvgIpc) is 3.38. The van der Waals surface area contributed by atoms with Crippen molar-refractivity contribution in [1.82, 2.24) is 14.9 Å². The fourth-order valence-electron chi connectivity index (χ4n) is 5.39. The number of thiocarbonyl (C=S) groups is 1. The first-order chi connectivity index (χ1) is 17.8. The molecule has 1 aliphatic rings. The third kappa shape index (κ3) is 4.51. The fraction of sp³-hybridized carbons (Fsp3) is 0.233. The van der Waals surface area contributed by atoms with Crippen molar-refractivity contribution in [2.24, 2.45) is 0 Å². The van der Waals surface area contributed by atoms with Crippen molar-refractivity contribution in [2.45, 2.75) is 39.8 Å². The Morgan fingerprint density at radius 3 is 2.27 bits per heavy atom. The van der Waals surface area contributed by atoms with Gasteiger partial charge in [0, 0.05) is 29.0 Å². The molecule has 0 unspecified atom stereocenters. The number of ether oxygens (including phenoxy) is 1. The molecule has 0 radical (unpaired) electrons. The highest BCUT2D eigenvalue weighted by molar-refractivity contribution is 7.80. The molecule has 37 heavy (non-hydrogen) atoms. The number of nitrogens with zero attached hydrogens (tertiary/aromatic N) is 3. The zero-order valence-electron chi connectivity index (χ0n) is 21.6. The molecule has 1 fully saturated rings. The van der Waals surface area contributed by atoms with E-state index in [4.69, 9.17) is 17.0 Å². The minimum atomic E-state index is -0.346. The van der Waals surface area contributed by atoms with E-state index < -0.39 is 0 Å². The molecular weight excluding hydrogens is 480 g/mol. The van der Waals surface area contributed by atoms with Gasteiger partial charge < -0.3 is 19.5 Å². The fourth-order valence-corrected chi connectivity index (χ4v) is 5.73. The van der Waals surface area contributed by atoms with Crippen LogP contribution in [-0.2, 0) is 4.74 Å². The Hall–Kier alpha value is -3.97. The summed E-state index contributed by atoms with van der Waals surface area (Å²) in [5, 5.41) is 4.24. The molecule has 1 N–H and O–H groups in total. The zero-order chi connectivity index (χ0) is 26.3. The summed E-state index contributed by atoms with van der Waals surface area (Å²) < 4.78 is 7.07. The summed E-state index contributed by atoms with van der Waals surface area (Å²) in [6, 6.07) is 22.0. The van der Waals surface area contributed by atoms with Gasteiger partial charge in [0.05, 0.1) is 30.5 Å². The number of hydrogen-bond acceptors (Lipinski definition) is 4. The SMILES string of the molecule is COC(=O)c1ccc(-n2c(C)cc([C@H]3[C@H](c4ccccn4)NC(=S)N3c3cc(C)cc(C)c3)c2C)cc1. The molecule has 2 aromatic carbocycles. The molecule has 0 bridgehead atoms. The second-order valence-electron chi connectivity index (χ2n) is 9.54. The Kier molecular flexibility index (Phi) is 6.56. The maximum Gasteiger partial charge on any atom is 0.337 e. The average molecular weight is 511 g/mol. The van der Waals surface area contributed by atoms with Gasteiger partial charge in [-0.15, -0.1) is 0 Å². The van der Waals surface area contributed by atoms with Crippen molar-refractivity contribution in [3.63, 3.8) is 0 Å². The number of nitrogens with one attached hydrogen (secondary N) is 1. The van der Waals surface area contributed by atoms with Gasteiger partial charge in [-0.2, -0.15) is 0 Å². The van der Waals surface area contributed by atoms with Crippen molar-refractivity contribution in [3.8, 4) is 5.69 Å². The first-order valence-corrected chi connectivity index (χ1v) is 12.7. The first kappa shape index (κ1) is 24.7. The van der Waals surface area contributed by atoms with Crippen LogP contribution in [0.2, 0.25) is 0 Å². The number of benzene rings is 2. The summed E-state index contributed by atoms with van der Waals surface area (Å²) in [4.78, 5) is 18.8. The third-order valence-corrected chi connectivity index (χ3v) is 7.23. The molecule has 2 aromatic heterocycles. The normalized spacial score (nSPS) is 17.1. The molecule has 0 amide bonds. The molecule has 4 aromatic rings. The summed E-state index contributed by atoms with van der Waals surface area (Å²) in [5.74, 6) is -0.346. The number of hydrogen-bond donors (Lipinski definition) is 1. The number of rotatable bonds is 5. The van der Waals surface area contributed by atoms with Crippen LogP contribution < -0.4 is 10.2 Å². The van der Waals surface area contributed by atoms with Crippen LogP contribution in [0.1, 0.15) is 56.2 Å². The number of anilines is 1. The first-order valence-electron chi connectivity index (χ1n) is 12.2. The van der Waals surface area contributed by atoms with E-state index >= 15 is 0 Å². The van der Waals surface area contributed by atoms with Crippen LogP contribution >= 0.6 is 12.2 Å². The van der Waals surface area contributed by atoms with E-state index in [0.29, 0.717) is 10.7 Å². The quantitative estimate of drug-likeness (QED) is 0.260. The van der Waals surface area contributed by atoms with E-state index in [1.165, 1.54) is 18.2 Å². The van der Waals surface area contributed by atoms with Crippen LogP contribution in [-0.4, -0.2) is 27.7 Å². The van der Waals surface area contributed by atoms with Crippen LogP contribution in [0.3, 0.4) is 0 Å². The van der Waals surface area contributed by atoms with Gasteiger partial charge in [-0.3, -0.25) is 4.98 Å². The predicted octanol–water partition coefficient (Wildman–Crippen LogP) is 6.07. The lowest BCUT2D eigenvalue weighted by Crippen LogP contribution is -2.29. The van der Waals surface area contributed by atoms with E-state index in [1.807, 2.05) is 36.5 Å². The van der Waals surface area contributed by atoms with Gasteiger partial charge in [0.1, 0.15) is 0 Å². The second kappa shape index (κ2) is 9.82. The summed E-state index contributed by atoms with van der Waals surface area (Å²) in [6.45, 7) is 8.45. The maximum absolute atomic E-state index is 11.9. The Bertz CT molecular complexity index is 1460. The van der Waals surface area contributed by atoms with E-state index in [-0.39, 0.29) is 18.1 Å². The van der Waals surface area contributed by atoms with Crippen molar-refractivity contribution in [1.29, 1.82) is 0 Å². The highest BCUT2D eigenvalue weighted by Gasteiger charge is 2.42. The van der Waals surface area contributed by atoms with Gasteiger partial charge in [-0.05, 0) is 111 Å². The molecule has 1 saturated heterocycles. The van der Waals surface area contributed by atoms with Crippen LogP contribution in [0.4, 0.5) is 5.69 Å². The predicted molar refractivity (Wildman–Crippen MR) is 150 cm³/mol. The van der Waals surface area contributed by atoms with E-state index in [1.54, 1.807) is 12.1 Å². The van der Waals surface area contributed by atoms with Crippen LogP contribution in [0.5, 0.6) is 0 Å². The number of pyridine rings is 1. The number of esters is 1. The number of carbonyl (C=O) groups is 1. The molecule has 2 atom stereocenters. The highest BCUT2D eigenvalue weighted by atomic mass is 32.1. The van der Waals surface area contributed by atoms with Gasteiger partial charge in [0.2, 0.25) is 0 Å². The number of methoxy groups -OCH3 is 1. The molecule has 5 rings (SSSR count). The van der Waals surface area contributed by atoms with Crippen LogP contribution in [0.25, 0.3) is 5.69 Å². The van der Waals surface area contributed by atoms with Gasteiger partial charge in [0.25, 0.3) is 0 Å².